The molecule has 2 aromatic rings. The normalized spacial score (nSPS) is 17.3. The second kappa shape index (κ2) is 10.6. The third kappa shape index (κ3) is 6.06. The molecule has 0 radical (unpaired) electrons. The lowest BCUT2D eigenvalue weighted by Crippen LogP contribution is -2.49. The first kappa shape index (κ1) is 22.3. The predicted octanol–water partition coefficient (Wildman–Crippen LogP) is 2.16. The van der Waals surface area contributed by atoms with Gasteiger partial charge in [0, 0.05) is 58.1 Å². The van der Waals surface area contributed by atoms with Crippen molar-refractivity contribution < 1.29 is 0 Å². The Bertz CT molecular complexity index is 818. The van der Waals surface area contributed by atoms with Crippen molar-refractivity contribution in [2.24, 2.45) is 12.0 Å². The number of hydrogen-bond donors (Lipinski definition) is 2. The molecule has 7 heteroatoms. The van der Waals surface area contributed by atoms with Gasteiger partial charge in [-0.3, -0.25) is 14.6 Å². The highest BCUT2D eigenvalue weighted by Crippen LogP contribution is 2.17. The average molecular weight is 412 g/mol. The second-order valence-corrected chi connectivity index (χ2v) is 8.50. The first-order valence-electron chi connectivity index (χ1n) is 10.8. The fraction of sp³-hybridized carbons (Fsp3) is 0.565. The molecule has 3 rings (SSSR count). The van der Waals surface area contributed by atoms with Crippen LogP contribution in [-0.2, 0) is 13.6 Å². The van der Waals surface area contributed by atoms with Crippen LogP contribution in [0.25, 0.3) is 0 Å². The lowest BCUT2D eigenvalue weighted by atomic mass is 10.0. The van der Waals surface area contributed by atoms with Crippen molar-refractivity contribution in [2.75, 3.05) is 40.8 Å². The lowest BCUT2D eigenvalue weighted by Gasteiger charge is -2.33. The van der Waals surface area contributed by atoms with Gasteiger partial charge in [-0.1, -0.05) is 24.3 Å². The van der Waals surface area contributed by atoms with E-state index in [0.29, 0.717) is 6.04 Å². The molecule has 2 N–H and O–H groups in total. The molecule has 1 aliphatic heterocycles. The molecule has 1 aromatic heterocycles. The van der Waals surface area contributed by atoms with Crippen molar-refractivity contribution in [1.29, 1.82) is 0 Å². The van der Waals surface area contributed by atoms with E-state index in [-0.39, 0.29) is 6.04 Å². The average Bonchev–Trinajstić information content (AvgIpc) is 3.16. The Labute approximate surface area is 181 Å². The molecular formula is C23H37N7. The zero-order chi connectivity index (χ0) is 21.5. The van der Waals surface area contributed by atoms with E-state index in [1.807, 2.05) is 25.0 Å². The fourth-order valence-corrected chi connectivity index (χ4v) is 4.06. The van der Waals surface area contributed by atoms with E-state index < -0.39 is 0 Å². The minimum absolute atomic E-state index is 0.244. The number of aromatic nitrogens is 2. The highest BCUT2D eigenvalue weighted by Gasteiger charge is 2.21. The number of benzene rings is 1. The minimum Gasteiger partial charge on any atom is -0.354 e. The van der Waals surface area contributed by atoms with E-state index in [1.165, 1.54) is 16.7 Å². The predicted molar refractivity (Wildman–Crippen MR) is 124 cm³/mol. The molecule has 2 heterocycles. The smallest absolute Gasteiger partial charge is 0.191 e. The van der Waals surface area contributed by atoms with Crippen LogP contribution in [0.5, 0.6) is 0 Å². The van der Waals surface area contributed by atoms with Gasteiger partial charge >= 0.3 is 0 Å². The molecule has 0 bridgehead atoms. The molecule has 0 spiro atoms. The Hall–Kier alpha value is -2.38. The summed E-state index contributed by atoms with van der Waals surface area (Å²) in [5.74, 6) is 0.878. The zero-order valence-corrected chi connectivity index (χ0v) is 19.1. The number of nitrogens with one attached hydrogen (secondary N) is 2. The van der Waals surface area contributed by atoms with Crippen LogP contribution >= 0.6 is 0 Å². The number of nitrogens with zero attached hydrogens (tertiary/aromatic N) is 5. The van der Waals surface area contributed by atoms with Gasteiger partial charge in [-0.15, -0.1) is 0 Å². The van der Waals surface area contributed by atoms with Crippen molar-refractivity contribution in [2.45, 2.75) is 38.4 Å². The summed E-state index contributed by atoms with van der Waals surface area (Å²) in [7, 11) is 7.99. The molecule has 1 saturated heterocycles. The Kier molecular flexibility index (Phi) is 7.87. The molecule has 1 atom stereocenters. The van der Waals surface area contributed by atoms with Gasteiger partial charge in [-0.05, 0) is 45.0 Å². The van der Waals surface area contributed by atoms with E-state index in [0.717, 1.165) is 45.0 Å². The molecule has 30 heavy (non-hydrogen) atoms. The van der Waals surface area contributed by atoms with Crippen LogP contribution in [0, 0.1) is 6.92 Å². The summed E-state index contributed by atoms with van der Waals surface area (Å²) in [6.45, 7) is 6.25. The number of guanidine groups is 1. The topological polar surface area (TPSA) is 60.7 Å². The Morgan fingerprint density at radius 3 is 2.60 bits per heavy atom. The van der Waals surface area contributed by atoms with Gasteiger partial charge in [0.1, 0.15) is 0 Å². The Morgan fingerprint density at radius 2 is 2.00 bits per heavy atom. The largest absolute Gasteiger partial charge is 0.354 e. The summed E-state index contributed by atoms with van der Waals surface area (Å²) in [5.41, 5.74) is 4.02. The van der Waals surface area contributed by atoms with Crippen molar-refractivity contribution in [1.82, 2.24) is 30.2 Å². The van der Waals surface area contributed by atoms with Crippen LogP contribution in [0.2, 0.25) is 0 Å². The van der Waals surface area contributed by atoms with E-state index in [4.69, 9.17) is 0 Å². The summed E-state index contributed by atoms with van der Waals surface area (Å²) in [4.78, 5) is 9.22. The number of aryl methyl sites for hydroxylation is 2. The van der Waals surface area contributed by atoms with E-state index in [2.05, 4.69) is 82.0 Å². The van der Waals surface area contributed by atoms with Gasteiger partial charge in [0.05, 0.1) is 12.2 Å². The van der Waals surface area contributed by atoms with Crippen molar-refractivity contribution >= 4 is 5.96 Å². The summed E-state index contributed by atoms with van der Waals surface area (Å²) in [6.07, 6.45) is 6.28. The van der Waals surface area contributed by atoms with Crippen molar-refractivity contribution in [3.63, 3.8) is 0 Å². The van der Waals surface area contributed by atoms with Crippen LogP contribution in [0.3, 0.4) is 0 Å². The molecule has 1 unspecified atom stereocenters. The molecule has 0 amide bonds. The van der Waals surface area contributed by atoms with Gasteiger partial charge in [0.15, 0.2) is 5.96 Å². The van der Waals surface area contributed by atoms with Crippen molar-refractivity contribution in [3.8, 4) is 0 Å². The molecule has 0 aliphatic carbocycles. The molecule has 0 saturated carbocycles. The van der Waals surface area contributed by atoms with E-state index in [1.54, 1.807) is 0 Å². The molecule has 7 nitrogen and oxygen atoms in total. The van der Waals surface area contributed by atoms with Crippen LogP contribution < -0.4 is 10.6 Å². The minimum atomic E-state index is 0.244. The molecule has 1 aromatic carbocycles. The number of piperidine rings is 1. The Balaban J connectivity index is 1.46. The van der Waals surface area contributed by atoms with E-state index >= 15 is 0 Å². The molecular weight excluding hydrogens is 374 g/mol. The monoisotopic (exact) mass is 411 g/mol. The lowest BCUT2D eigenvalue weighted by molar-refractivity contribution is 0.198. The number of hydrogen-bond acceptors (Lipinski definition) is 4. The van der Waals surface area contributed by atoms with Gasteiger partial charge < -0.3 is 15.5 Å². The summed E-state index contributed by atoms with van der Waals surface area (Å²) < 4.78 is 1.85. The number of likely N-dealkylation sites (tertiary alicyclic amines) is 1. The third-order valence-electron chi connectivity index (χ3n) is 6.00. The SMILES string of the molecule is CN=C(NCC(c1cnn(C)c1)N(C)C)NC1CCN(Cc2ccccc2C)CC1. The number of rotatable bonds is 7. The van der Waals surface area contributed by atoms with Gasteiger partial charge in [-0.25, -0.2) is 0 Å². The molecule has 1 aliphatic rings. The molecule has 1 fully saturated rings. The van der Waals surface area contributed by atoms with Crippen molar-refractivity contribution in [3.05, 3.63) is 53.3 Å². The first-order chi connectivity index (χ1) is 14.5. The maximum absolute atomic E-state index is 4.45. The van der Waals surface area contributed by atoms with Crippen LogP contribution in [-0.4, -0.2) is 72.4 Å². The maximum Gasteiger partial charge on any atom is 0.191 e. The van der Waals surface area contributed by atoms with Crippen LogP contribution in [0.1, 0.15) is 35.6 Å². The van der Waals surface area contributed by atoms with Gasteiger partial charge in [-0.2, -0.15) is 5.10 Å². The zero-order valence-electron chi connectivity index (χ0n) is 19.1. The van der Waals surface area contributed by atoms with Crippen LogP contribution in [0.15, 0.2) is 41.7 Å². The number of likely N-dealkylation sites (N-methyl/N-ethyl adjacent to an activating group) is 1. The number of aliphatic imine (C=N–C) groups is 1. The van der Waals surface area contributed by atoms with Gasteiger partial charge in [0.2, 0.25) is 0 Å². The Morgan fingerprint density at radius 1 is 1.27 bits per heavy atom. The summed E-state index contributed by atoms with van der Waals surface area (Å²) >= 11 is 0. The quantitative estimate of drug-likeness (QED) is 0.540. The summed E-state index contributed by atoms with van der Waals surface area (Å²) in [6, 6.07) is 9.40. The highest BCUT2D eigenvalue weighted by molar-refractivity contribution is 5.80. The standard InChI is InChI=1S/C23H37N7/c1-18-8-6-7-9-19(18)17-30-12-10-21(11-13-30)27-23(24-2)25-15-22(28(3)4)20-14-26-29(5)16-20/h6-9,14,16,21-22H,10-13,15,17H2,1-5H3,(H2,24,25,27). The highest BCUT2D eigenvalue weighted by atomic mass is 15.3. The third-order valence-corrected chi connectivity index (χ3v) is 6.00. The maximum atomic E-state index is 4.45. The van der Waals surface area contributed by atoms with E-state index in [9.17, 15) is 0 Å². The first-order valence-corrected chi connectivity index (χ1v) is 10.8. The van der Waals surface area contributed by atoms with Gasteiger partial charge in [0.25, 0.3) is 0 Å². The second-order valence-electron chi connectivity index (χ2n) is 8.50. The summed E-state index contributed by atoms with van der Waals surface area (Å²) in [5, 5.41) is 11.5. The van der Waals surface area contributed by atoms with Crippen LogP contribution in [0.4, 0.5) is 0 Å². The fourth-order valence-electron chi connectivity index (χ4n) is 4.06. The molecule has 164 valence electrons.